The number of nitrogens with two attached hydrogens (primary N) is 1. The highest BCUT2D eigenvalue weighted by molar-refractivity contribution is 9.10. The van der Waals surface area contributed by atoms with Crippen molar-refractivity contribution in [3.8, 4) is 0 Å². The molecule has 0 spiro atoms. The Balaban J connectivity index is 2.35. The monoisotopic (exact) mass is 366 g/mol. The van der Waals surface area contributed by atoms with Gasteiger partial charge in [-0.25, -0.2) is 13.1 Å². The Kier molecular flexibility index (Phi) is 4.57. The van der Waals surface area contributed by atoms with Gasteiger partial charge in [-0.15, -0.1) is 0 Å². The van der Waals surface area contributed by atoms with Gasteiger partial charge in [-0.1, -0.05) is 30.5 Å². The Hall–Kier alpha value is -0.140. The lowest BCUT2D eigenvalue weighted by molar-refractivity contribution is 0.399. The lowest BCUT2D eigenvalue weighted by atomic mass is 10.0. The van der Waals surface area contributed by atoms with E-state index in [1.807, 2.05) is 0 Å². The molecule has 2 rings (SSSR count). The number of hydrogen-bond donors (Lipinski definition) is 2. The van der Waals surface area contributed by atoms with E-state index in [4.69, 9.17) is 17.3 Å². The van der Waals surface area contributed by atoms with Gasteiger partial charge in [-0.2, -0.15) is 0 Å². The molecular formula is C12H16BrClN2O2S. The van der Waals surface area contributed by atoms with Crippen LogP contribution >= 0.6 is 27.5 Å². The number of benzene rings is 1. The van der Waals surface area contributed by atoms with Gasteiger partial charge in [0.2, 0.25) is 10.0 Å². The molecule has 4 nitrogen and oxygen atoms in total. The Morgan fingerprint density at radius 2 is 2.00 bits per heavy atom. The second-order valence-electron chi connectivity index (χ2n) is 4.85. The predicted molar refractivity (Wildman–Crippen MR) is 79.7 cm³/mol. The van der Waals surface area contributed by atoms with E-state index in [-0.39, 0.29) is 9.92 Å². The zero-order valence-electron chi connectivity index (χ0n) is 10.3. The van der Waals surface area contributed by atoms with Crippen molar-refractivity contribution < 1.29 is 8.42 Å². The number of halogens is 2. The maximum absolute atomic E-state index is 12.5. The molecule has 0 unspecified atom stereocenters. The first-order valence-corrected chi connectivity index (χ1v) is 8.74. The lowest BCUT2D eigenvalue weighted by Crippen LogP contribution is -2.51. The van der Waals surface area contributed by atoms with Crippen molar-refractivity contribution >= 4 is 37.6 Å². The van der Waals surface area contributed by atoms with Gasteiger partial charge in [-0.3, -0.25) is 0 Å². The van der Waals surface area contributed by atoms with Crippen LogP contribution in [0.15, 0.2) is 27.6 Å². The SMILES string of the molecule is NCC1(NS(=O)(=O)c2cccc(Br)c2Cl)CCCC1. The number of rotatable bonds is 4. The minimum absolute atomic E-state index is 0.0864. The van der Waals surface area contributed by atoms with Crippen LogP contribution in [0.25, 0.3) is 0 Å². The molecule has 19 heavy (non-hydrogen) atoms. The van der Waals surface area contributed by atoms with E-state index in [1.54, 1.807) is 12.1 Å². The average molecular weight is 368 g/mol. The molecule has 3 N–H and O–H groups in total. The quantitative estimate of drug-likeness (QED) is 0.859. The van der Waals surface area contributed by atoms with Crippen molar-refractivity contribution in [2.45, 2.75) is 36.1 Å². The second kappa shape index (κ2) is 5.69. The number of sulfonamides is 1. The number of hydrogen-bond acceptors (Lipinski definition) is 3. The highest BCUT2D eigenvalue weighted by atomic mass is 79.9. The summed E-state index contributed by atoms with van der Waals surface area (Å²) in [6.07, 6.45) is 3.53. The van der Waals surface area contributed by atoms with Gasteiger partial charge in [0, 0.05) is 16.6 Å². The van der Waals surface area contributed by atoms with Crippen LogP contribution in [0.2, 0.25) is 5.02 Å². The van der Waals surface area contributed by atoms with Crippen LogP contribution in [-0.2, 0) is 10.0 Å². The topological polar surface area (TPSA) is 72.2 Å². The van der Waals surface area contributed by atoms with Crippen molar-refractivity contribution in [2.24, 2.45) is 5.73 Å². The van der Waals surface area contributed by atoms with E-state index in [1.165, 1.54) is 6.07 Å². The summed E-state index contributed by atoms with van der Waals surface area (Å²) in [7, 11) is -3.66. The highest BCUT2D eigenvalue weighted by Crippen LogP contribution is 2.33. The van der Waals surface area contributed by atoms with E-state index in [0.717, 1.165) is 25.7 Å². The van der Waals surface area contributed by atoms with Crippen LogP contribution in [0.4, 0.5) is 0 Å². The molecule has 1 saturated carbocycles. The van der Waals surface area contributed by atoms with E-state index >= 15 is 0 Å². The highest BCUT2D eigenvalue weighted by Gasteiger charge is 2.37. The van der Waals surface area contributed by atoms with Gasteiger partial charge in [0.15, 0.2) is 0 Å². The van der Waals surface area contributed by atoms with Gasteiger partial charge in [0.05, 0.1) is 5.02 Å². The van der Waals surface area contributed by atoms with E-state index in [9.17, 15) is 8.42 Å². The fourth-order valence-electron chi connectivity index (χ4n) is 2.43. The summed E-state index contributed by atoms with van der Waals surface area (Å²) in [5.74, 6) is 0. The molecule has 0 heterocycles. The normalized spacial score (nSPS) is 18.7. The van der Waals surface area contributed by atoms with Crippen LogP contribution in [0.5, 0.6) is 0 Å². The first-order chi connectivity index (χ1) is 8.90. The molecule has 0 amide bonds. The maximum atomic E-state index is 12.5. The van der Waals surface area contributed by atoms with Gasteiger partial charge in [-0.05, 0) is 40.9 Å². The summed E-state index contributed by atoms with van der Waals surface area (Å²) >= 11 is 9.29. The largest absolute Gasteiger partial charge is 0.329 e. The fraction of sp³-hybridized carbons (Fsp3) is 0.500. The Morgan fingerprint density at radius 1 is 1.37 bits per heavy atom. The van der Waals surface area contributed by atoms with Crippen molar-refractivity contribution in [1.82, 2.24) is 4.72 Å². The minimum atomic E-state index is -3.66. The molecule has 0 bridgehead atoms. The van der Waals surface area contributed by atoms with Crippen LogP contribution < -0.4 is 10.5 Å². The molecular weight excluding hydrogens is 352 g/mol. The van der Waals surface area contributed by atoms with Crippen molar-refractivity contribution in [3.05, 3.63) is 27.7 Å². The fourth-order valence-corrected chi connectivity index (χ4v) is 4.93. The molecule has 0 atom stereocenters. The molecule has 1 aromatic carbocycles. The summed E-state index contributed by atoms with van der Waals surface area (Å²) in [4.78, 5) is 0.0864. The van der Waals surface area contributed by atoms with Gasteiger partial charge in [0.1, 0.15) is 4.90 Å². The zero-order valence-corrected chi connectivity index (χ0v) is 13.5. The van der Waals surface area contributed by atoms with Crippen LogP contribution in [-0.4, -0.2) is 20.5 Å². The van der Waals surface area contributed by atoms with Gasteiger partial charge < -0.3 is 5.73 Å². The summed E-state index contributed by atoms with van der Waals surface area (Å²) in [5.41, 5.74) is 5.23. The second-order valence-corrected chi connectivity index (χ2v) is 7.73. The van der Waals surface area contributed by atoms with Crippen molar-refractivity contribution in [1.29, 1.82) is 0 Å². The molecule has 1 fully saturated rings. The van der Waals surface area contributed by atoms with Crippen molar-refractivity contribution in [3.63, 3.8) is 0 Å². The zero-order chi connectivity index (χ0) is 14.1. The van der Waals surface area contributed by atoms with Crippen molar-refractivity contribution in [2.75, 3.05) is 6.54 Å². The lowest BCUT2D eigenvalue weighted by Gasteiger charge is -2.28. The maximum Gasteiger partial charge on any atom is 0.242 e. The molecule has 7 heteroatoms. The molecule has 1 aromatic rings. The number of nitrogens with one attached hydrogen (secondary N) is 1. The first-order valence-electron chi connectivity index (χ1n) is 6.08. The Bertz CT molecular complexity index is 571. The molecule has 1 aliphatic rings. The smallest absolute Gasteiger partial charge is 0.242 e. The molecule has 1 aliphatic carbocycles. The van der Waals surface area contributed by atoms with E-state index in [0.29, 0.717) is 11.0 Å². The van der Waals surface area contributed by atoms with Crippen LogP contribution in [0.1, 0.15) is 25.7 Å². The molecule has 0 aliphatic heterocycles. The summed E-state index contributed by atoms with van der Waals surface area (Å²) in [6.45, 7) is 0.303. The van der Waals surface area contributed by atoms with E-state index < -0.39 is 15.6 Å². The summed E-state index contributed by atoms with van der Waals surface area (Å²) < 4.78 is 28.2. The van der Waals surface area contributed by atoms with Gasteiger partial charge >= 0.3 is 0 Å². The predicted octanol–water partition coefficient (Wildman–Crippen LogP) is 2.65. The minimum Gasteiger partial charge on any atom is -0.329 e. The van der Waals surface area contributed by atoms with Crippen LogP contribution in [0, 0.1) is 0 Å². The molecule has 0 saturated heterocycles. The Labute approximate surface area is 126 Å². The first kappa shape index (κ1) is 15.3. The third-order valence-electron chi connectivity index (χ3n) is 3.51. The third-order valence-corrected chi connectivity index (χ3v) is 6.54. The summed E-state index contributed by atoms with van der Waals surface area (Å²) in [6, 6.07) is 4.85. The average Bonchev–Trinajstić information content (AvgIpc) is 2.81. The molecule has 0 radical (unpaired) electrons. The molecule has 106 valence electrons. The van der Waals surface area contributed by atoms with E-state index in [2.05, 4.69) is 20.7 Å². The van der Waals surface area contributed by atoms with Gasteiger partial charge in [0.25, 0.3) is 0 Å². The standard InChI is InChI=1S/C12H16BrClN2O2S/c13-9-4-3-5-10(11(9)14)19(17,18)16-12(8-15)6-1-2-7-12/h3-5,16H,1-2,6-8,15H2. The third kappa shape index (κ3) is 3.13. The molecule has 0 aromatic heterocycles. The summed E-state index contributed by atoms with van der Waals surface area (Å²) in [5, 5.41) is 0.195. The van der Waals surface area contributed by atoms with Crippen LogP contribution in [0.3, 0.4) is 0 Å². The Morgan fingerprint density at radius 3 is 2.58 bits per heavy atom.